The molecule has 0 unspecified atom stereocenters. The Morgan fingerprint density at radius 1 is 1.40 bits per heavy atom. The Morgan fingerprint density at radius 2 is 1.93 bits per heavy atom. The summed E-state index contributed by atoms with van der Waals surface area (Å²) in [6.45, 7) is 0. The third-order valence-corrected chi connectivity index (χ3v) is 2.66. The van der Waals surface area contributed by atoms with Crippen LogP contribution in [0.3, 0.4) is 0 Å². The molecule has 3 N–H and O–H groups in total. The standard InChI is InChI=1S/C8H7ClF2N2OS/c9-5-1-3-6(4-2-5)15-8(10,11)7(14)13-12/h1-4H,12H2,(H,13,14). The number of nitrogens with two attached hydrogens (primary N) is 1. The van der Waals surface area contributed by atoms with Crippen LogP contribution in [0.5, 0.6) is 0 Å². The normalized spacial score (nSPS) is 11.2. The summed E-state index contributed by atoms with van der Waals surface area (Å²) in [4.78, 5) is 10.9. The lowest BCUT2D eigenvalue weighted by molar-refractivity contribution is -0.134. The van der Waals surface area contributed by atoms with Gasteiger partial charge in [0.15, 0.2) is 0 Å². The average molecular weight is 253 g/mol. The SMILES string of the molecule is NNC(=O)C(F)(F)Sc1ccc(Cl)cc1. The summed E-state index contributed by atoms with van der Waals surface area (Å²) in [5.41, 5.74) is 1.40. The van der Waals surface area contributed by atoms with E-state index in [2.05, 4.69) is 5.84 Å². The molecule has 0 spiro atoms. The molecule has 0 aromatic heterocycles. The minimum Gasteiger partial charge on any atom is -0.288 e. The Hall–Kier alpha value is -0.850. The molecule has 1 aromatic rings. The van der Waals surface area contributed by atoms with E-state index in [4.69, 9.17) is 11.6 Å². The third-order valence-electron chi connectivity index (χ3n) is 1.46. The fraction of sp³-hybridized carbons (Fsp3) is 0.125. The Balaban J connectivity index is 2.77. The molecule has 1 aromatic carbocycles. The fourth-order valence-electron chi connectivity index (χ4n) is 0.781. The molecular formula is C8H7ClF2N2OS. The van der Waals surface area contributed by atoms with Gasteiger partial charge < -0.3 is 0 Å². The smallest absolute Gasteiger partial charge is 0.288 e. The molecule has 0 heterocycles. The van der Waals surface area contributed by atoms with Crippen molar-refractivity contribution in [1.82, 2.24) is 5.43 Å². The first-order valence-electron chi connectivity index (χ1n) is 3.79. The molecule has 1 rings (SSSR count). The Labute approximate surface area is 93.9 Å². The molecule has 7 heteroatoms. The van der Waals surface area contributed by atoms with Crippen LogP contribution in [0.15, 0.2) is 29.2 Å². The van der Waals surface area contributed by atoms with Crippen LogP contribution in [0.2, 0.25) is 5.02 Å². The maximum atomic E-state index is 13.0. The zero-order valence-electron chi connectivity index (χ0n) is 7.34. The Morgan fingerprint density at radius 3 is 2.40 bits per heavy atom. The molecule has 3 nitrogen and oxygen atoms in total. The lowest BCUT2D eigenvalue weighted by atomic mass is 10.4. The predicted octanol–water partition coefficient (Wildman–Crippen LogP) is 2.01. The van der Waals surface area contributed by atoms with Crippen molar-refractivity contribution < 1.29 is 13.6 Å². The zero-order valence-corrected chi connectivity index (χ0v) is 8.91. The van der Waals surface area contributed by atoms with E-state index in [1.165, 1.54) is 29.7 Å². The Kier molecular flexibility index (Phi) is 3.90. The van der Waals surface area contributed by atoms with Gasteiger partial charge in [0.05, 0.1) is 0 Å². The summed E-state index contributed by atoms with van der Waals surface area (Å²) >= 11 is 5.68. The summed E-state index contributed by atoms with van der Waals surface area (Å²) in [6, 6.07) is 5.70. The first kappa shape index (κ1) is 12.2. The van der Waals surface area contributed by atoms with Crippen LogP contribution in [-0.4, -0.2) is 11.2 Å². The van der Waals surface area contributed by atoms with Gasteiger partial charge in [0.1, 0.15) is 0 Å². The van der Waals surface area contributed by atoms with Crippen molar-refractivity contribution >= 4 is 29.3 Å². The second kappa shape index (κ2) is 4.78. The topological polar surface area (TPSA) is 55.1 Å². The number of carbonyl (C=O) groups is 1. The van der Waals surface area contributed by atoms with Crippen molar-refractivity contribution in [1.29, 1.82) is 0 Å². The molecule has 0 fully saturated rings. The van der Waals surface area contributed by atoms with E-state index in [0.717, 1.165) is 0 Å². The van der Waals surface area contributed by atoms with Crippen LogP contribution < -0.4 is 11.3 Å². The fourth-order valence-corrected chi connectivity index (χ4v) is 1.63. The van der Waals surface area contributed by atoms with Gasteiger partial charge in [-0.3, -0.25) is 10.2 Å². The largest absolute Gasteiger partial charge is 0.376 e. The summed E-state index contributed by atoms with van der Waals surface area (Å²) in [6.07, 6.45) is 0. The molecule has 15 heavy (non-hydrogen) atoms. The highest BCUT2D eigenvalue weighted by atomic mass is 35.5. The highest BCUT2D eigenvalue weighted by Crippen LogP contribution is 2.36. The second-order valence-corrected chi connectivity index (χ2v) is 4.17. The van der Waals surface area contributed by atoms with Crippen molar-refractivity contribution in [2.45, 2.75) is 10.2 Å². The second-order valence-electron chi connectivity index (χ2n) is 2.55. The number of carbonyl (C=O) groups excluding carboxylic acids is 1. The maximum absolute atomic E-state index is 13.0. The number of halogens is 3. The van der Waals surface area contributed by atoms with Gasteiger partial charge in [-0.05, 0) is 36.0 Å². The molecule has 0 aliphatic rings. The first-order chi connectivity index (χ1) is 6.95. The molecule has 82 valence electrons. The molecule has 0 aliphatic carbocycles. The van der Waals surface area contributed by atoms with Gasteiger partial charge in [-0.15, -0.1) is 0 Å². The van der Waals surface area contributed by atoms with E-state index in [9.17, 15) is 13.6 Å². The Bertz CT molecular complexity index is 358. The van der Waals surface area contributed by atoms with E-state index in [1.807, 2.05) is 0 Å². The highest BCUT2D eigenvalue weighted by Gasteiger charge is 2.39. The van der Waals surface area contributed by atoms with E-state index in [1.54, 1.807) is 0 Å². The number of rotatable bonds is 3. The lowest BCUT2D eigenvalue weighted by Gasteiger charge is -2.13. The quantitative estimate of drug-likeness (QED) is 0.375. The molecular weight excluding hydrogens is 246 g/mol. The number of hydrogen-bond donors (Lipinski definition) is 2. The monoisotopic (exact) mass is 252 g/mol. The zero-order chi connectivity index (χ0) is 11.5. The van der Waals surface area contributed by atoms with E-state index < -0.39 is 11.2 Å². The number of nitrogens with one attached hydrogen (secondary N) is 1. The molecule has 0 bridgehead atoms. The summed E-state index contributed by atoms with van der Waals surface area (Å²) in [5, 5.41) is -3.16. The maximum Gasteiger partial charge on any atom is 0.376 e. The van der Waals surface area contributed by atoms with Crippen LogP contribution in [0.1, 0.15) is 0 Å². The summed E-state index contributed by atoms with van der Waals surface area (Å²) < 4.78 is 26.1. The van der Waals surface area contributed by atoms with Gasteiger partial charge in [-0.1, -0.05) is 11.6 Å². The van der Waals surface area contributed by atoms with Crippen LogP contribution in [0, 0.1) is 0 Å². The average Bonchev–Trinajstić information content (AvgIpc) is 2.20. The predicted molar refractivity (Wildman–Crippen MR) is 54.6 cm³/mol. The van der Waals surface area contributed by atoms with Gasteiger partial charge in [-0.2, -0.15) is 8.78 Å². The molecule has 0 aliphatic heterocycles. The molecule has 1 amide bonds. The van der Waals surface area contributed by atoms with Crippen LogP contribution in [0.25, 0.3) is 0 Å². The highest BCUT2D eigenvalue weighted by molar-refractivity contribution is 8.01. The van der Waals surface area contributed by atoms with Gasteiger partial charge >= 0.3 is 11.2 Å². The van der Waals surface area contributed by atoms with Crippen molar-refractivity contribution in [3.8, 4) is 0 Å². The number of benzene rings is 1. The number of thioether (sulfide) groups is 1. The van der Waals surface area contributed by atoms with E-state index in [0.29, 0.717) is 5.02 Å². The van der Waals surface area contributed by atoms with Crippen molar-refractivity contribution in [3.63, 3.8) is 0 Å². The number of amides is 1. The lowest BCUT2D eigenvalue weighted by Crippen LogP contribution is -2.41. The number of alkyl halides is 2. The number of hydrazine groups is 1. The van der Waals surface area contributed by atoms with Gasteiger partial charge in [0, 0.05) is 9.92 Å². The minimum absolute atomic E-state index is 0.103. The van der Waals surface area contributed by atoms with Gasteiger partial charge in [0.2, 0.25) is 0 Å². The van der Waals surface area contributed by atoms with Crippen LogP contribution in [-0.2, 0) is 4.79 Å². The van der Waals surface area contributed by atoms with Crippen LogP contribution in [0.4, 0.5) is 8.78 Å². The molecule has 0 saturated carbocycles. The minimum atomic E-state index is -3.59. The first-order valence-corrected chi connectivity index (χ1v) is 4.98. The van der Waals surface area contributed by atoms with Crippen molar-refractivity contribution in [2.75, 3.05) is 0 Å². The van der Waals surface area contributed by atoms with Crippen LogP contribution >= 0.6 is 23.4 Å². The van der Waals surface area contributed by atoms with Crippen molar-refractivity contribution in [2.24, 2.45) is 5.84 Å². The van der Waals surface area contributed by atoms with E-state index >= 15 is 0 Å². The van der Waals surface area contributed by atoms with E-state index in [-0.39, 0.29) is 16.7 Å². The van der Waals surface area contributed by atoms with Gasteiger partial charge in [0.25, 0.3) is 0 Å². The van der Waals surface area contributed by atoms with Crippen molar-refractivity contribution in [3.05, 3.63) is 29.3 Å². The number of hydrogen-bond acceptors (Lipinski definition) is 3. The third kappa shape index (κ3) is 3.33. The summed E-state index contributed by atoms with van der Waals surface area (Å²) in [7, 11) is 0. The molecule has 0 radical (unpaired) electrons. The summed E-state index contributed by atoms with van der Waals surface area (Å²) in [5.74, 6) is 3.08. The molecule has 0 saturated heterocycles. The molecule has 0 atom stereocenters. The van der Waals surface area contributed by atoms with Gasteiger partial charge in [-0.25, -0.2) is 5.84 Å².